The highest BCUT2D eigenvalue weighted by atomic mass is 16.5. The summed E-state index contributed by atoms with van der Waals surface area (Å²) in [6, 6.07) is -0.512. The van der Waals surface area contributed by atoms with Crippen LogP contribution >= 0.6 is 0 Å². The van der Waals surface area contributed by atoms with E-state index in [0.29, 0.717) is 11.3 Å². The molecule has 5 heteroatoms. The first-order chi connectivity index (χ1) is 7.95. The Morgan fingerprint density at radius 3 is 2.65 bits per heavy atom. The fourth-order valence-corrected chi connectivity index (χ4v) is 1.84. The predicted octanol–water partition coefficient (Wildman–Crippen LogP) is 1.69. The number of hydrogen-bond donors (Lipinski definition) is 2. The van der Waals surface area contributed by atoms with Crippen LogP contribution in [0, 0.1) is 0 Å². The van der Waals surface area contributed by atoms with Gasteiger partial charge in [-0.25, -0.2) is 9.59 Å². The number of esters is 1. The van der Waals surface area contributed by atoms with Gasteiger partial charge in [0.05, 0.1) is 17.7 Å². The number of allylic oxidation sites excluding steroid dienone is 1. The maximum atomic E-state index is 11.9. The zero-order chi connectivity index (χ0) is 13.0. The van der Waals surface area contributed by atoms with Crippen molar-refractivity contribution >= 4 is 12.0 Å². The Hall–Kier alpha value is -1.52. The van der Waals surface area contributed by atoms with Gasteiger partial charge in [0.1, 0.15) is 0 Å². The normalized spacial score (nSPS) is 20.1. The van der Waals surface area contributed by atoms with E-state index in [-0.39, 0.29) is 24.1 Å². The first kappa shape index (κ1) is 13.5. The second-order valence-corrected chi connectivity index (χ2v) is 4.43. The monoisotopic (exact) mass is 240 g/mol. The molecule has 5 nitrogen and oxygen atoms in total. The molecule has 0 aliphatic carbocycles. The van der Waals surface area contributed by atoms with Crippen LogP contribution in [0.15, 0.2) is 11.3 Å². The molecule has 0 bridgehead atoms. The fraction of sp³-hybridized carbons (Fsp3) is 0.667. The molecule has 0 fully saturated rings. The summed E-state index contributed by atoms with van der Waals surface area (Å²) < 4.78 is 5.18. The van der Waals surface area contributed by atoms with Crippen LogP contribution in [-0.4, -0.2) is 24.1 Å². The van der Waals surface area contributed by atoms with Crippen LogP contribution < -0.4 is 10.6 Å². The average Bonchev–Trinajstić information content (AvgIpc) is 2.15. The van der Waals surface area contributed by atoms with Crippen molar-refractivity contribution in [2.45, 2.75) is 52.7 Å². The molecule has 1 atom stereocenters. The Morgan fingerprint density at radius 2 is 2.12 bits per heavy atom. The number of hydrogen-bond acceptors (Lipinski definition) is 3. The number of nitrogens with one attached hydrogen (secondary N) is 2. The van der Waals surface area contributed by atoms with Gasteiger partial charge in [0.25, 0.3) is 0 Å². The van der Waals surface area contributed by atoms with Crippen LogP contribution in [0.25, 0.3) is 0 Å². The quantitative estimate of drug-likeness (QED) is 0.735. The zero-order valence-electron chi connectivity index (χ0n) is 10.8. The number of ether oxygens (including phenoxy) is 1. The minimum absolute atomic E-state index is 0.164. The lowest BCUT2D eigenvalue weighted by molar-refractivity contribution is -0.143. The molecule has 0 aromatic heterocycles. The maximum absolute atomic E-state index is 11.9. The Morgan fingerprint density at radius 1 is 1.47 bits per heavy atom. The first-order valence-corrected chi connectivity index (χ1v) is 5.95. The molecular formula is C12H20N2O3. The van der Waals surface area contributed by atoms with E-state index in [2.05, 4.69) is 10.6 Å². The lowest BCUT2D eigenvalue weighted by Crippen LogP contribution is -2.50. The zero-order valence-corrected chi connectivity index (χ0v) is 10.8. The van der Waals surface area contributed by atoms with Crippen LogP contribution in [0.4, 0.5) is 4.79 Å². The number of amides is 2. The number of urea groups is 1. The molecule has 0 saturated heterocycles. The summed E-state index contributed by atoms with van der Waals surface area (Å²) in [6.07, 6.45) is 1.45. The van der Waals surface area contributed by atoms with E-state index in [0.717, 1.165) is 12.8 Å². The number of rotatable bonds is 4. The average molecular weight is 240 g/mol. The maximum Gasteiger partial charge on any atom is 0.338 e. The molecule has 96 valence electrons. The lowest BCUT2D eigenvalue weighted by Gasteiger charge is -2.28. The van der Waals surface area contributed by atoms with E-state index < -0.39 is 0 Å². The smallest absolute Gasteiger partial charge is 0.338 e. The van der Waals surface area contributed by atoms with Gasteiger partial charge in [-0.15, -0.1) is 0 Å². The van der Waals surface area contributed by atoms with Gasteiger partial charge >= 0.3 is 12.0 Å². The minimum atomic E-state index is -0.358. The molecule has 2 amide bonds. The molecule has 1 aliphatic heterocycles. The van der Waals surface area contributed by atoms with E-state index in [1.807, 2.05) is 6.92 Å². The summed E-state index contributed by atoms with van der Waals surface area (Å²) in [4.78, 5) is 23.3. The van der Waals surface area contributed by atoms with E-state index in [1.165, 1.54) is 0 Å². The minimum Gasteiger partial charge on any atom is -0.460 e. The van der Waals surface area contributed by atoms with Crippen LogP contribution in [0.3, 0.4) is 0 Å². The summed E-state index contributed by atoms with van der Waals surface area (Å²) in [5.41, 5.74) is 1.11. The Kier molecular flexibility index (Phi) is 4.54. The van der Waals surface area contributed by atoms with Crippen molar-refractivity contribution in [3.05, 3.63) is 11.3 Å². The third-order valence-corrected chi connectivity index (χ3v) is 2.50. The molecule has 1 aliphatic rings. The summed E-state index contributed by atoms with van der Waals surface area (Å²) in [5.74, 6) is -0.358. The molecule has 0 aromatic carbocycles. The van der Waals surface area contributed by atoms with E-state index in [9.17, 15) is 9.59 Å². The second kappa shape index (κ2) is 5.70. The Bertz CT molecular complexity index is 348. The summed E-state index contributed by atoms with van der Waals surface area (Å²) in [7, 11) is 0. The SMILES string of the molecule is CCCC1NC(=O)NC(C)=C1C(=O)OC(C)C. The summed E-state index contributed by atoms with van der Waals surface area (Å²) in [6.45, 7) is 7.34. The van der Waals surface area contributed by atoms with Crippen molar-refractivity contribution in [3.63, 3.8) is 0 Å². The van der Waals surface area contributed by atoms with Crippen molar-refractivity contribution in [1.29, 1.82) is 0 Å². The number of carbonyl (C=O) groups is 2. The van der Waals surface area contributed by atoms with Gasteiger partial charge in [0, 0.05) is 5.70 Å². The third kappa shape index (κ3) is 3.47. The van der Waals surface area contributed by atoms with Crippen LogP contribution in [0.2, 0.25) is 0 Å². The molecule has 0 spiro atoms. The molecule has 2 N–H and O–H groups in total. The van der Waals surface area contributed by atoms with E-state index in [1.54, 1.807) is 20.8 Å². The standard InChI is InChI=1S/C12H20N2O3/c1-5-6-9-10(11(15)17-7(2)3)8(4)13-12(16)14-9/h7,9H,5-6H2,1-4H3,(H2,13,14,16). The predicted molar refractivity (Wildman–Crippen MR) is 64.3 cm³/mol. The largest absolute Gasteiger partial charge is 0.460 e. The van der Waals surface area contributed by atoms with Gasteiger partial charge in [-0.3, -0.25) is 0 Å². The molecule has 0 aromatic rings. The van der Waals surface area contributed by atoms with Crippen molar-refractivity contribution in [1.82, 2.24) is 10.6 Å². The first-order valence-electron chi connectivity index (χ1n) is 5.95. The Balaban J connectivity index is 2.92. The van der Waals surface area contributed by atoms with Gasteiger partial charge in [-0.1, -0.05) is 13.3 Å². The third-order valence-electron chi connectivity index (χ3n) is 2.50. The highest BCUT2D eigenvalue weighted by Gasteiger charge is 2.30. The molecule has 1 unspecified atom stereocenters. The molecule has 1 heterocycles. The van der Waals surface area contributed by atoms with Crippen molar-refractivity contribution < 1.29 is 14.3 Å². The number of carbonyl (C=O) groups excluding carboxylic acids is 2. The van der Waals surface area contributed by atoms with Crippen molar-refractivity contribution in [2.24, 2.45) is 0 Å². The molecular weight excluding hydrogens is 220 g/mol. The summed E-state index contributed by atoms with van der Waals surface area (Å²) >= 11 is 0. The molecule has 0 saturated carbocycles. The lowest BCUT2D eigenvalue weighted by atomic mass is 9.99. The van der Waals surface area contributed by atoms with Crippen molar-refractivity contribution in [2.75, 3.05) is 0 Å². The molecule has 17 heavy (non-hydrogen) atoms. The Labute approximate surface area is 102 Å². The fourth-order valence-electron chi connectivity index (χ4n) is 1.84. The van der Waals surface area contributed by atoms with Crippen LogP contribution in [0.1, 0.15) is 40.5 Å². The van der Waals surface area contributed by atoms with Gasteiger partial charge in [-0.05, 0) is 27.2 Å². The van der Waals surface area contributed by atoms with Gasteiger partial charge < -0.3 is 15.4 Å². The molecule has 0 radical (unpaired) electrons. The van der Waals surface area contributed by atoms with Crippen LogP contribution in [-0.2, 0) is 9.53 Å². The van der Waals surface area contributed by atoms with Gasteiger partial charge in [0.2, 0.25) is 0 Å². The second-order valence-electron chi connectivity index (χ2n) is 4.43. The van der Waals surface area contributed by atoms with Gasteiger partial charge in [-0.2, -0.15) is 0 Å². The highest BCUT2D eigenvalue weighted by Crippen LogP contribution is 2.18. The van der Waals surface area contributed by atoms with Crippen LogP contribution in [0.5, 0.6) is 0 Å². The summed E-state index contributed by atoms with van der Waals surface area (Å²) in [5, 5.41) is 5.34. The molecule has 1 rings (SSSR count). The van der Waals surface area contributed by atoms with Crippen molar-refractivity contribution in [3.8, 4) is 0 Å². The van der Waals surface area contributed by atoms with Gasteiger partial charge in [0.15, 0.2) is 0 Å². The van der Waals surface area contributed by atoms with E-state index >= 15 is 0 Å². The topological polar surface area (TPSA) is 67.4 Å². The highest BCUT2D eigenvalue weighted by molar-refractivity contribution is 5.94. The van der Waals surface area contributed by atoms with E-state index in [4.69, 9.17) is 4.74 Å².